The van der Waals surface area contributed by atoms with Crippen LogP contribution in [0.15, 0.2) is 30.6 Å². The summed E-state index contributed by atoms with van der Waals surface area (Å²) in [6, 6.07) is 7.51. The van der Waals surface area contributed by atoms with Crippen LogP contribution in [-0.2, 0) is 16.1 Å². The molecule has 0 radical (unpaired) electrons. The Balaban J connectivity index is 1.53. The summed E-state index contributed by atoms with van der Waals surface area (Å²) in [5.74, 6) is 1.31. The predicted molar refractivity (Wildman–Crippen MR) is 94.7 cm³/mol. The number of hydrogen-bond acceptors (Lipinski definition) is 4. The topological polar surface area (TPSA) is 88.9 Å². The van der Waals surface area contributed by atoms with Gasteiger partial charge in [-0.05, 0) is 31.4 Å². The van der Waals surface area contributed by atoms with Gasteiger partial charge in [0.2, 0.25) is 11.8 Å². The smallest absolute Gasteiger partial charge is 0.226 e. The highest BCUT2D eigenvalue weighted by atomic mass is 16.2. The van der Waals surface area contributed by atoms with Crippen molar-refractivity contribution in [2.24, 2.45) is 11.8 Å². The average Bonchev–Trinajstić information content (AvgIpc) is 3.15. The van der Waals surface area contributed by atoms with Crippen LogP contribution >= 0.6 is 0 Å². The monoisotopic (exact) mass is 341 g/mol. The fourth-order valence-corrected chi connectivity index (χ4v) is 2.79. The Morgan fingerprint density at radius 2 is 2.16 bits per heavy atom. The molecule has 1 fully saturated rings. The zero-order valence-electron chi connectivity index (χ0n) is 14.5. The molecule has 0 spiro atoms. The second kappa shape index (κ2) is 7.46. The summed E-state index contributed by atoms with van der Waals surface area (Å²) in [5, 5.41) is 13.7. The molecule has 0 unspecified atom stereocenters. The van der Waals surface area contributed by atoms with E-state index in [1.807, 2.05) is 35.8 Å². The molecule has 25 heavy (non-hydrogen) atoms. The largest absolute Gasteiger partial charge is 0.355 e. The third-order valence-corrected chi connectivity index (χ3v) is 4.46. The molecule has 1 aromatic carbocycles. The number of nitrogens with zero attached hydrogens (tertiary/aromatic N) is 3. The fraction of sp³-hybridized carbons (Fsp3) is 0.444. The highest BCUT2D eigenvalue weighted by molar-refractivity contribution is 5.92. The minimum Gasteiger partial charge on any atom is -0.355 e. The van der Waals surface area contributed by atoms with Gasteiger partial charge in [-0.1, -0.05) is 19.1 Å². The van der Waals surface area contributed by atoms with E-state index in [9.17, 15) is 9.59 Å². The number of rotatable bonds is 7. The first-order valence-electron chi connectivity index (χ1n) is 8.64. The molecule has 0 bridgehead atoms. The van der Waals surface area contributed by atoms with Gasteiger partial charge in [0.1, 0.15) is 6.33 Å². The summed E-state index contributed by atoms with van der Waals surface area (Å²) < 4.78 is 1.94. The standard InChI is InChI=1S/C18H23N5O2/c1-3-23-11-20-22-17(23)13-5-4-6-14(10-13)21-16(24)7-8-19-18(25)15-9-12(15)2/h4-6,10-12,15H,3,7-9H2,1-2H3,(H,19,25)(H,21,24)/t12-,15+/m1/s1. The van der Waals surface area contributed by atoms with E-state index in [4.69, 9.17) is 0 Å². The van der Waals surface area contributed by atoms with Gasteiger partial charge in [-0.3, -0.25) is 9.59 Å². The highest BCUT2D eigenvalue weighted by Gasteiger charge is 2.38. The zero-order valence-corrected chi connectivity index (χ0v) is 14.5. The van der Waals surface area contributed by atoms with Crippen molar-refractivity contribution in [2.75, 3.05) is 11.9 Å². The van der Waals surface area contributed by atoms with E-state index in [1.54, 1.807) is 6.33 Å². The van der Waals surface area contributed by atoms with Crippen LogP contribution in [0.5, 0.6) is 0 Å². The molecule has 3 rings (SSSR count). The van der Waals surface area contributed by atoms with Crippen molar-refractivity contribution in [2.45, 2.75) is 33.2 Å². The fourth-order valence-electron chi connectivity index (χ4n) is 2.79. The summed E-state index contributed by atoms with van der Waals surface area (Å²) >= 11 is 0. The third-order valence-electron chi connectivity index (χ3n) is 4.46. The first kappa shape index (κ1) is 17.1. The van der Waals surface area contributed by atoms with Crippen LogP contribution in [0.25, 0.3) is 11.4 Å². The molecule has 7 heteroatoms. The molecular weight excluding hydrogens is 318 g/mol. The van der Waals surface area contributed by atoms with Crippen LogP contribution in [-0.4, -0.2) is 33.1 Å². The van der Waals surface area contributed by atoms with Gasteiger partial charge in [0.15, 0.2) is 5.82 Å². The first-order valence-corrected chi connectivity index (χ1v) is 8.64. The number of aromatic nitrogens is 3. The van der Waals surface area contributed by atoms with Crippen molar-refractivity contribution in [3.63, 3.8) is 0 Å². The molecule has 1 aliphatic carbocycles. The molecule has 0 aliphatic heterocycles. The Bertz CT molecular complexity index is 770. The maximum absolute atomic E-state index is 12.1. The van der Waals surface area contributed by atoms with Crippen molar-refractivity contribution in [1.29, 1.82) is 0 Å². The summed E-state index contributed by atoms with van der Waals surface area (Å²) in [5.41, 5.74) is 1.60. The second-order valence-electron chi connectivity index (χ2n) is 6.43. The van der Waals surface area contributed by atoms with Crippen molar-refractivity contribution in [3.05, 3.63) is 30.6 Å². The van der Waals surface area contributed by atoms with Crippen LogP contribution in [0.1, 0.15) is 26.7 Å². The van der Waals surface area contributed by atoms with Gasteiger partial charge in [0.05, 0.1) is 0 Å². The van der Waals surface area contributed by atoms with E-state index in [0.29, 0.717) is 18.2 Å². The number of carbonyl (C=O) groups is 2. The highest BCUT2D eigenvalue weighted by Crippen LogP contribution is 2.37. The molecule has 1 aromatic heterocycles. The second-order valence-corrected chi connectivity index (χ2v) is 6.43. The lowest BCUT2D eigenvalue weighted by molar-refractivity contribution is -0.122. The molecule has 1 heterocycles. The molecule has 2 atom stereocenters. The Hall–Kier alpha value is -2.70. The quantitative estimate of drug-likeness (QED) is 0.807. The Morgan fingerprint density at radius 3 is 2.88 bits per heavy atom. The van der Waals surface area contributed by atoms with Crippen LogP contribution in [0.4, 0.5) is 5.69 Å². The molecule has 0 saturated heterocycles. The minimum absolute atomic E-state index is 0.0567. The third kappa shape index (κ3) is 4.23. The van der Waals surface area contributed by atoms with Gasteiger partial charge in [-0.15, -0.1) is 10.2 Å². The van der Waals surface area contributed by atoms with Gasteiger partial charge in [0, 0.05) is 36.7 Å². The van der Waals surface area contributed by atoms with E-state index in [0.717, 1.165) is 24.4 Å². The SMILES string of the molecule is CCn1cnnc1-c1cccc(NC(=O)CCNC(=O)[C@H]2C[C@H]2C)c1. The molecule has 1 saturated carbocycles. The van der Waals surface area contributed by atoms with Crippen LogP contribution in [0, 0.1) is 11.8 Å². The molecular formula is C18H23N5O2. The van der Waals surface area contributed by atoms with E-state index in [1.165, 1.54) is 0 Å². The number of nitrogens with one attached hydrogen (secondary N) is 2. The van der Waals surface area contributed by atoms with E-state index < -0.39 is 0 Å². The van der Waals surface area contributed by atoms with Crippen LogP contribution < -0.4 is 10.6 Å². The van der Waals surface area contributed by atoms with Gasteiger partial charge in [-0.2, -0.15) is 0 Å². The van der Waals surface area contributed by atoms with Crippen LogP contribution in [0.3, 0.4) is 0 Å². The van der Waals surface area contributed by atoms with Crippen LogP contribution in [0.2, 0.25) is 0 Å². The number of hydrogen-bond donors (Lipinski definition) is 2. The van der Waals surface area contributed by atoms with Gasteiger partial charge in [0.25, 0.3) is 0 Å². The lowest BCUT2D eigenvalue weighted by atomic mass is 10.2. The Kier molecular flexibility index (Phi) is 5.11. The van der Waals surface area contributed by atoms with E-state index in [2.05, 4.69) is 27.8 Å². The molecule has 132 valence electrons. The van der Waals surface area contributed by atoms with Gasteiger partial charge in [-0.25, -0.2) is 0 Å². The number of anilines is 1. The van der Waals surface area contributed by atoms with Gasteiger partial charge < -0.3 is 15.2 Å². The number of amides is 2. The Morgan fingerprint density at radius 1 is 1.36 bits per heavy atom. The maximum atomic E-state index is 12.1. The minimum atomic E-state index is -0.127. The summed E-state index contributed by atoms with van der Waals surface area (Å²) in [7, 11) is 0. The first-order chi connectivity index (χ1) is 12.1. The Labute approximate surface area is 146 Å². The summed E-state index contributed by atoms with van der Waals surface area (Å²) in [6.45, 7) is 5.22. The number of carbonyl (C=O) groups excluding carboxylic acids is 2. The molecule has 2 N–H and O–H groups in total. The molecule has 1 aliphatic rings. The molecule has 7 nitrogen and oxygen atoms in total. The average molecular weight is 341 g/mol. The zero-order chi connectivity index (χ0) is 17.8. The predicted octanol–water partition coefficient (Wildman–Crippen LogP) is 2.07. The van der Waals surface area contributed by atoms with Crippen molar-refractivity contribution in [3.8, 4) is 11.4 Å². The molecule has 2 amide bonds. The van der Waals surface area contributed by atoms with Gasteiger partial charge >= 0.3 is 0 Å². The van der Waals surface area contributed by atoms with E-state index >= 15 is 0 Å². The normalized spacial score (nSPS) is 18.6. The van der Waals surface area contributed by atoms with Crippen molar-refractivity contribution < 1.29 is 9.59 Å². The summed E-state index contributed by atoms with van der Waals surface area (Å²) in [4.78, 5) is 23.8. The lowest BCUT2D eigenvalue weighted by Gasteiger charge is -2.09. The lowest BCUT2D eigenvalue weighted by Crippen LogP contribution is -2.29. The number of aryl methyl sites for hydroxylation is 1. The van der Waals surface area contributed by atoms with Crippen molar-refractivity contribution in [1.82, 2.24) is 20.1 Å². The summed E-state index contributed by atoms with van der Waals surface area (Å²) in [6.07, 6.45) is 2.89. The van der Waals surface area contributed by atoms with Crippen molar-refractivity contribution >= 4 is 17.5 Å². The molecule has 2 aromatic rings. The number of benzene rings is 1. The maximum Gasteiger partial charge on any atom is 0.226 e. The van der Waals surface area contributed by atoms with E-state index in [-0.39, 0.29) is 24.2 Å².